The Kier molecular flexibility index (Phi) is 3.19. The van der Waals surface area contributed by atoms with Crippen LogP contribution in [0.5, 0.6) is 0 Å². The van der Waals surface area contributed by atoms with E-state index < -0.39 is 6.17 Å². The lowest BCUT2D eigenvalue weighted by Crippen LogP contribution is -2.17. The van der Waals surface area contributed by atoms with E-state index in [-0.39, 0.29) is 6.04 Å². The predicted octanol–water partition coefficient (Wildman–Crippen LogP) is 2.28. The van der Waals surface area contributed by atoms with Crippen molar-refractivity contribution in [3.8, 4) is 0 Å². The second kappa shape index (κ2) is 4.45. The summed E-state index contributed by atoms with van der Waals surface area (Å²) in [4.78, 5) is 8.81. The lowest BCUT2D eigenvalue weighted by atomic mass is 10.0. The van der Waals surface area contributed by atoms with Crippen LogP contribution < -0.4 is 5.32 Å². The summed E-state index contributed by atoms with van der Waals surface area (Å²) in [5, 5.41) is 3.10. The summed E-state index contributed by atoms with van der Waals surface area (Å²) in [5.74, 6) is 1.15. The van der Waals surface area contributed by atoms with Gasteiger partial charge in [-0.25, -0.2) is 14.4 Å². The van der Waals surface area contributed by atoms with Gasteiger partial charge < -0.3 is 5.32 Å². The van der Waals surface area contributed by atoms with Crippen molar-refractivity contribution in [3.05, 3.63) is 23.3 Å². The van der Waals surface area contributed by atoms with Crippen LogP contribution in [0.25, 0.3) is 0 Å². The molecule has 0 unspecified atom stereocenters. The van der Waals surface area contributed by atoms with Gasteiger partial charge in [0.25, 0.3) is 0 Å². The third kappa shape index (κ3) is 2.21. The number of aryl methyl sites for hydroxylation is 1. The maximum atomic E-state index is 13.0. The highest BCUT2D eigenvalue weighted by atomic mass is 19.1. The third-order valence-corrected chi connectivity index (χ3v) is 3.05. The summed E-state index contributed by atoms with van der Waals surface area (Å²) in [6, 6.07) is -0.0186. The van der Waals surface area contributed by atoms with Crippen LogP contribution in [-0.2, 0) is 0 Å². The Bertz CT molecular complexity index is 379. The fourth-order valence-corrected chi connectivity index (χ4v) is 2.12. The van der Waals surface area contributed by atoms with E-state index in [1.807, 2.05) is 13.1 Å². The smallest absolute Gasteiger partial charge is 0.145 e. The summed E-state index contributed by atoms with van der Waals surface area (Å²) in [5.41, 5.74) is 2.17. The Morgan fingerprint density at radius 1 is 1.50 bits per heavy atom. The van der Waals surface area contributed by atoms with Crippen molar-refractivity contribution in [2.24, 2.45) is 0 Å². The molecule has 3 nitrogen and oxygen atoms in total. The van der Waals surface area contributed by atoms with Crippen LogP contribution in [0.4, 0.5) is 4.39 Å². The molecule has 16 heavy (non-hydrogen) atoms. The lowest BCUT2D eigenvalue weighted by molar-refractivity contribution is 0.354. The maximum absolute atomic E-state index is 13.0. The van der Waals surface area contributed by atoms with Crippen molar-refractivity contribution in [3.63, 3.8) is 0 Å². The van der Waals surface area contributed by atoms with E-state index in [0.29, 0.717) is 18.9 Å². The molecule has 1 N–H and O–H groups in total. The van der Waals surface area contributed by atoms with Crippen molar-refractivity contribution in [1.29, 1.82) is 0 Å². The molecular weight excluding hydrogens is 205 g/mol. The highest BCUT2D eigenvalue weighted by Crippen LogP contribution is 2.24. The highest BCUT2D eigenvalue weighted by Gasteiger charge is 2.27. The first kappa shape index (κ1) is 11.5. The van der Waals surface area contributed by atoms with Crippen LogP contribution >= 0.6 is 0 Å². The quantitative estimate of drug-likeness (QED) is 0.835. The van der Waals surface area contributed by atoms with Gasteiger partial charge in [-0.3, -0.25) is 0 Å². The standard InChI is InChI=1S/C12H18FN3/c1-7(2)10-6-15-12(16-8(10)3)11-4-9(13)5-14-11/h6-7,9,11,14H,4-5H2,1-3H3/t9-,11+/m1/s1. The molecule has 2 rings (SSSR count). The van der Waals surface area contributed by atoms with E-state index in [1.54, 1.807) is 0 Å². The van der Waals surface area contributed by atoms with Gasteiger partial charge in [-0.1, -0.05) is 13.8 Å². The predicted molar refractivity (Wildman–Crippen MR) is 61.1 cm³/mol. The zero-order valence-corrected chi connectivity index (χ0v) is 10.00. The average Bonchev–Trinajstić information content (AvgIpc) is 2.64. The molecule has 1 aromatic heterocycles. The van der Waals surface area contributed by atoms with Gasteiger partial charge in [0, 0.05) is 24.9 Å². The van der Waals surface area contributed by atoms with Gasteiger partial charge in [0.2, 0.25) is 0 Å². The minimum atomic E-state index is -0.765. The van der Waals surface area contributed by atoms with Gasteiger partial charge in [0.05, 0.1) is 6.04 Å². The van der Waals surface area contributed by atoms with Crippen LogP contribution in [0.3, 0.4) is 0 Å². The van der Waals surface area contributed by atoms with E-state index in [9.17, 15) is 4.39 Å². The molecule has 1 saturated heterocycles. The normalized spacial score (nSPS) is 25.3. The van der Waals surface area contributed by atoms with E-state index in [1.165, 1.54) is 5.56 Å². The third-order valence-electron chi connectivity index (χ3n) is 3.05. The molecule has 2 atom stereocenters. The highest BCUT2D eigenvalue weighted by molar-refractivity contribution is 5.20. The van der Waals surface area contributed by atoms with Crippen molar-refractivity contribution in [2.75, 3.05) is 6.54 Å². The van der Waals surface area contributed by atoms with Gasteiger partial charge in [0.1, 0.15) is 12.0 Å². The van der Waals surface area contributed by atoms with E-state index in [2.05, 4.69) is 29.1 Å². The molecule has 0 saturated carbocycles. The molecule has 0 bridgehead atoms. The number of aromatic nitrogens is 2. The Labute approximate surface area is 95.5 Å². The second-order valence-corrected chi connectivity index (χ2v) is 4.72. The Balaban J connectivity index is 2.21. The monoisotopic (exact) mass is 223 g/mol. The molecule has 1 fully saturated rings. The zero-order valence-electron chi connectivity index (χ0n) is 10.00. The number of hydrogen-bond donors (Lipinski definition) is 1. The van der Waals surface area contributed by atoms with E-state index in [4.69, 9.17) is 0 Å². The molecule has 1 aliphatic heterocycles. The van der Waals surface area contributed by atoms with Crippen LogP contribution in [0.1, 0.15) is 49.3 Å². The van der Waals surface area contributed by atoms with Crippen molar-refractivity contribution in [2.45, 2.75) is 45.3 Å². The number of halogens is 1. The van der Waals surface area contributed by atoms with Gasteiger partial charge in [-0.05, 0) is 18.4 Å². The number of nitrogens with zero attached hydrogens (tertiary/aromatic N) is 2. The van der Waals surface area contributed by atoms with Crippen LogP contribution in [0.15, 0.2) is 6.20 Å². The molecule has 0 spiro atoms. The van der Waals surface area contributed by atoms with Crippen molar-refractivity contribution < 1.29 is 4.39 Å². The van der Waals surface area contributed by atoms with Crippen LogP contribution in [-0.4, -0.2) is 22.7 Å². The van der Waals surface area contributed by atoms with Gasteiger partial charge in [-0.2, -0.15) is 0 Å². The van der Waals surface area contributed by atoms with Crippen LogP contribution in [0, 0.1) is 6.92 Å². The Morgan fingerprint density at radius 2 is 2.25 bits per heavy atom. The summed E-state index contributed by atoms with van der Waals surface area (Å²) in [6.07, 6.45) is 1.59. The molecule has 0 amide bonds. The molecule has 0 aromatic carbocycles. The van der Waals surface area contributed by atoms with Crippen LogP contribution in [0.2, 0.25) is 0 Å². The lowest BCUT2D eigenvalue weighted by Gasteiger charge is -2.13. The molecule has 4 heteroatoms. The number of nitrogens with one attached hydrogen (secondary N) is 1. The topological polar surface area (TPSA) is 37.8 Å². The molecule has 1 aromatic rings. The van der Waals surface area contributed by atoms with Gasteiger partial charge in [-0.15, -0.1) is 0 Å². The largest absolute Gasteiger partial charge is 0.304 e. The fraction of sp³-hybridized carbons (Fsp3) is 0.667. The molecular formula is C12H18FN3. The van der Waals surface area contributed by atoms with E-state index >= 15 is 0 Å². The fourth-order valence-electron chi connectivity index (χ4n) is 2.12. The number of hydrogen-bond acceptors (Lipinski definition) is 3. The van der Waals surface area contributed by atoms with Crippen molar-refractivity contribution in [1.82, 2.24) is 15.3 Å². The van der Waals surface area contributed by atoms with E-state index in [0.717, 1.165) is 11.5 Å². The molecule has 88 valence electrons. The van der Waals surface area contributed by atoms with Gasteiger partial charge in [0.15, 0.2) is 0 Å². The first-order valence-electron chi connectivity index (χ1n) is 5.78. The minimum Gasteiger partial charge on any atom is -0.304 e. The van der Waals surface area contributed by atoms with Crippen molar-refractivity contribution >= 4 is 0 Å². The molecule has 1 aliphatic rings. The zero-order chi connectivity index (χ0) is 11.7. The molecule has 0 aliphatic carbocycles. The number of rotatable bonds is 2. The second-order valence-electron chi connectivity index (χ2n) is 4.72. The summed E-state index contributed by atoms with van der Waals surface area (Å²) in [7, 11) is 0. The minimum absolute atomic E-state index is 0.0186. The molecule has 0 radical (unpaired) electrons. The Hall–Kier alpha value is -1.03. The first-order valence-corrected chi connectivity index (χ1v) is 5.78. The van der Waals surface area contributed by atoms with Gasteiger partial charge >= 0.3 is 0 Å². The Morgan fingerprint density at radius 3 is 2.75 bits per heavy atom. The summed E-state index contributed by atoms with van der Waals surface area (Å²) < 4.78 is 13.0. The summed E-state index contributed by atoms with van der Waals surface area (Å²) >= 11 is 0. The maximum Gasteiger partial charge on any atom is 0.145 e. The first-order chi connectivity index (χ1) is 7.58. The average molecular weight is 223 g/mol. The number of alkyl halides is 1. The summed E-state index contributed by atoms with van der Waals surface area (Å²) in [6.45, 7) is 6.65. The SMILES string of the molecule is Cc1nc([C@@H]2C[C@@H](F)CN2)ncc1C(C)C. The molecule has 2 heterocycles.